The van der Waals surface area contributed by atoms with Gasteiger partial charge in [-0.05, 0) is 6.42 Å². The van der Waals surface area contributed by atoms with Crippen LogP contribution in [-0.4, -0.2) is 33.9 Å². The molecule has 0 aliphatic carbocycles. The summed E-state index contributed by atoms with van der Waals surface area (Å²) in [5.74, 6) is -1.12. The van der Waals surface area contributed by atoms with Gasteiger partial charge in [-0.3, -0.25) is 4.79 Å². The number of carboxylic acid groups (broad SMARTS) is 2. The minimum absolute atomic E-state index is 0.250. The zero-order valence-electron chi connectivity index (χ0n) is 6.93. The van der Waals surface area contributed by atoms with Gasteiger partial charge in [0.25, 0.3) is 6.47 Å². The maximum Gasteiger partial charge on any atom is 0.332 e. The average Bonchev–Trinajstić information content (AvgIpc) is 2.01. The summed E-state index contributed by atoms with van der Waals surface area (Å²) in [6.45, 7) is 1.70. The standard InChI is InChI=1S/C6H12O3.CH2O2/c1-2-3-4-5(7)6(8)9;2-1-3/h5,7H,2-4H2,1H3,(H,8,9);1H,(H,2,3). The summed E-state index contributed by atoms with van der Waals surface area (Å²) >= 11 is 0. The van der Waals surface area contributed by atoms with Gasteiger partial charge in [-0.15, -0.1) is 0 Å². The van der Waals surface area contributed by atoms with Crippen molar-refractivity contribution >= 4 is 12.4 Å². The number of carboxylic acids is 1. The molecule has 0 amide bonds. The molecular formula is C7H14O5. The molecule has 5 nitrogen and oxygen atoms in total. The van der Waals surface area contributed by atoms with Crippen molar-refractivity contribution in [1.82, 2.24) is 0 Å². The first-order valence-corrected chi connectivity index (χ1v) is 3.58. The van der Waals surface area contributed by atoms with Crippen molar-refractivity contribution in [2.45, 2.75) is 32.3 Å². The van der Waals surface area contributed by atoms with E-state index in [1.807, 2.05) is 6.92 Å². The predicted molar refractivity (Wildman–Crippen MR) is 41.9 cm³/mol. The molecule has 72 valence electrons. The van der Waals surface area contributed by atoms with Crippen LogP contribution in [0, 0.1) is 0 Å². The lowest BCUT2D eigenvalue weighted by molar-refractivity contribution is -0.146. The van der Waals surface area contributed by atoms with Crippen LogP contribution >= 0.6 is 0 Å². The molecule has 5 heteroatoms. The van der Waals surface area contributed by atoms with Crippen LogP contribution in [0.3, 0.4) is 0 Å². The van der Waals surface area contributed by atoms with E-state index in [0.29, 0.717) is 6.42 Å². The Morgan fingerprint density at radius 1 is 1.58 bits per heavy atom. The van der Waals surface area contributed by atoms with Gasteiger partial charge in [0.1, 0.15) is 0 Å². The molecule has 0 aromatic heterocycles. The minimum atomic E-state index is -1.16. The van der Waals surface area contributed by atoms with Gasteiger partial charge < -0.3 is 15.3 Å². The molecule has 12 heavy (non-hydrogen) atoms. The van der Waals surface area contributed by atoms with Crippen LogP contribution in [0.15, 0.2) is 0 Å². The van der Waals surface area contributed by atoms with E-state index in [0.717, 1.165) is 12.8 Å². The molecule has 0 aliphatic rings. The number of hydrogen-bond acceptors (Lipinski definition) is 3. The van der Waals surface area contributed by atoms with Gasteiger partial charge in [-0.25, -0.2) is 4.79 Å². The Balaban J connectivity index is 0. The summed E-state index contributed by atoms with van der Waals surface area (Å²) in [6, 6.07) is 0. The number of unbranched alkanes of at least 4 members (excludes halogenated alkanes) is 1. The summed E-state index contributed by atoms with van der Waals surface area (Å²) < 4.78 is 0. The van der Waals surface area contributed by atoms with Crippen LogP contribution in [-0.2, 0) is 9.59 Å². The Hall–Kier alpha value is -1.10. The maximum atomic E-state index is 9.96. The molecule has 0 saturated carbocycles. The van der Waals surface area contributed by atoms with Crippen molar-refractivity contribution in [3.05, 3.63) is 0 Å². The normalized spacial score (nSPS) is 10.8. The Bertz CT molecular complexity index is 123. The summed E-state index contributed by atoms with van der Waals surface area (Å²) in [5, 5.41) is 23.7. The third-order valence-electron chi connectivity index (χ3n) is 1.12. The van der Waals surface area contributed by atoms with Gasteiger partial charge in [-0.1, -0.05) is 19.8 Å². The van der Waals surface area contributed by atoms with Crippen molar-refractivity contribution in [2.75, 3.05) is 0 Å². The fourth-order valence-corrected chi connectivity index (χ4v) is 0.521. The van der Waals surface area contributed by atoms with E-state index in [4.69, 9.17) is 20.1 Å². The Morgan fingerprint density at radius 3 is 2.25 bits per heavy atom. The number of rotatable bonds is 4. The second-order valence-corrected chi connectivity index (χ2v) is 2.10. The second kappa shape index (κ2) is 9.90. The van der Waals surface area contributed by atoms with Gasteiger partial charge in [0.15, 0.2) is 6.10 Å². The first-order chi connectivity index (χ1) is 5.59. The van der Waals surface area contributed by atoms with Crippen LogP contribution in [0.4, 0.5) is 0 Å². The monoisotopic (exact) mass is 178 g/mol. The predicted octanol–water partition coefficient (Wildman–Crippen LogP) is 0.323. The van der Waals surface area contributed by atoms with E-state index in [9.17, 15) is 4.79 Å². The number of aliphatic hydroxyl groups is 1. The van der Waals surface area contributed by atoms with E-state index in [-0.39, 0.29) is 6.47 Å². The van der Waals surface area contributed by atoms with E-state index >= 15 is 0 Å². The Morgan fingerprint density at radius 2 is 2.00 bits per heavy atom. The van der Waals surface area contributed by atoms with Gasteiger partial charge in [0.05, 0.1) is 0 Å². The molecule has 0 spiro atoms. The van der Waals surface area contributed by atoms with Crippen molar-refractivity contribution in [3.63, 3.8) is 0 Å². The summed E-state index contributed by atoms with van der Waals surface area (Å²) in [7, 11) is 0. The lowest BCUT2D eigenvalue weighted by atomic mass is 10.2. The average molecular weight is 178 g/mol. The summed E-state index contributed by atoms with van der Waals surface area (Å²) in [5.41, 5.74) is 0. The summed E-state index contributed by atoms with van der Waals surface area (Å²) in [6.07, 6.45) is 0.897. The van der Waals surface area contributed by atoms with Crippen molar-refractivity contribution in [1.29, 1.82) is 0 Å². The lowest BCUT2D eigenvalue weighted by Crippen LogP contribution is -2.18. The highest BCUT2D eigenvalue weighted by Gasteiger charge is 2.10. The highest BCUT2D eigenvalue weighted by Crippen LogP contribution is 1.99. The first-order valence-electron chi connectivity index (χ1n) is 3.58. The van der Waals surface area contributed by atoms with Gasteiger partial charge in [0.2, 0.25) is 0 Å². The number of aliphatic carboxylic acids is 1. The zero-order chi connectivity index (χ0) is 9.98. The topological polar surface area (TPSA) is 94.8 Å². The molecule has 3 N–H and O–H groups in total. The molecule has 0 saturated heterocycles. The van der Waals surface area contributed by atoms with Gasteiger partial charge in [-0.2, -0.15) is 0 Å². The number of carbonyl (C=O) groups is 2. The first kappa shape index (κ1) is 13.5. The molecule has 0 heterocycles. The van der Waals surface area contributed by atoms with Crippen LogP contribution in [0.1, 0.15) is 26.2 Å². The highest BCUT2D eigenvalue weighted by molar-refractivity contribution is 5.71. The molecule has 0 aromatic rings. The summed E-state index contributed by atoms with van der Waals surface area (Å²) in [4.78, 5) is 18.3. The van der Waals surface area contributed by atoms with Crippen molar-refractivity contribution in [3.8, 4) is 0 Å². The fraction of sp³-hybridized carbons (Fsp3) is 0.714. The fourth-order valence-electron chi connectivity index (χ4n) is 0.521. The number of hydrogen-bond donors (Lipinski definition) is 3. The van der Waals surface area contributed by atoms with Crippen molar-refractivity contribution in [2.24, 2.45) is 0 Å². The van der Waals surface area contributed by atoms with Crippen LogP contribution < -0.4 is 0 Å². The lowest BCUT2D eigenvalue weighted by Gasteiger charge is -2.01. The second-order valence-electron chi connectivity index (χ2n) is 2.10. The minimum Gasteiger partial charge on any atom is -0.483 e. The zero-order valence-corrected chi connectivity index (χ0v) is 6.93. The van der Waals surface area contributed by atoms with Crippen molar-refractivity contribution < 1.29 is 24.9 Å². The molecular weight excluding hydrogens is 164 g/mol. The van der Waals surface area contributed by atoms with E-state index in [1.165, 1.54) is 0 Å². The molecule has 0 fully saturated rings. The van der Waals surface area contributed by atoms with E-state index < -0.39 is 12.1 Å². The molecule has 0 radical (unpaired) electrons. The smallest absolute Gasteiger partial charge is 0.332 e. The van der Waals surface area contributed by atoms with E-state index in [2.05, 4.69) is 0 Å². The maximum absolute atomic E-state index is 9.96. The Labute approximate surface area is 70.6 Å². The van der Waals surface area contributed by atoms with E-state index in [1.54, 1.807) is 0 Å². The Kier molecular flexibility index (Phi) is 11.1. The quantitative estimate of drug-likeness (QED) is 0.539. The largest absolute Gasteiger partial charge is 0.483 e. The third-order valence-corrected chi connectivity index (χ3v) is 1.12. The third kappa shape index (κ3) is 11.7. The highest BCUT2D eigenvalue weighted by atomic mass is 16.4. The SMILES string of the molecule is CCCCC(O)C(=O)O.O=CO. The number of aliphatic hydroxyl groups excluding tert-OH is 1. The molecule has 0 bridgehead atoms. The van der Waals surface area contributed by atoms with Crippen LogP contribution in [0.25, 0.3) is 0 Å². The molecule has 0 rings (SSSR count). The molecule has 1 atom stereocenters. The molecule has 0 aromatic carbocycles. The molecule has 1 unspecified atom stereocenters. The molecule has 0 aliphatic heterocycles. The van der Waals surface area contributed by atoms with Gasteiger partial charge in [0, 0.05) is 0 Å². The van der Waals surface area contributed by atoms with Crippen LogP contribution in [0.5, 0.6) is 0 Å². The van der Waals surface area contributed by atoms with Gasteiger partial charge >= 0.3 is 5.97 Å². The van der Waals surface area contributed by atoms with Crippen LogP contribution in [0.2, 0.25) is 0 Å².